The third-order valence-corrected chi connectivity index (χ3v) is 3.67. The summed E-state index contributed by atoms with van der Waals surface area (Å²) >= 11 is 0. The summed E-state index contributed by atoms with van der Waals surface area (Å²) in [7, 11) is 0. The summed E-state index contributed by atoms with van der Waals surface area (Å²) in [6, 6.07) is 0. The van der Waals surface area contributed by atoms with E-state index in [0.717, 1.165) is 25.7 Å². The molecule has 1 fully saturated rings. The molecule has 0 saturated carbocycles. The van der Waals surface area contributed by atoms with Gasteiger partial charge >= 0.3 is 0 Å². The normalized spacial score (nSPS) is 35.2. The predicted octanol–water partition coefficient (Wildman–Crippen LogP) is 2.23. The summed E-state index contributed by atoms with van der Waals surface area (Å²) in [5, 5.41) is 24.5. The van der Waals surface area contributed by atoms with E-state index in [-0.39, 0.29) is 9.29 Å². The SMILES string of the molecule is CCCC[N+]1([O-])CC[N+]([O-])(CCCC)CC1. The average Bonchev–Trinajstić information content (AvgIpc) is 2.29. The maximum atomic E-state index is 12.2. The van der Waals surface area contributed by atoms with Crippen molar-refractivity contribution in [2.24, 2.45) is 0 Å². The predicted molar refractivity (Wildman–Crippen MR) is 66.3 cm³/mol. The number of piperazine rings is 1. The molecular formula is C12H26N2O2. The molecule has 0 aromatic carbocycles. The number of hydrogen-bond acceptors (Lipinski definition) is 2. The molecule has 0 spiro atoms. The second-order valence-corrected chi connectivity index (χ2v) is 5.16. The van der Waals surface area contributed by atoms with Crippen LogP contribution in [0.25, 0.3) is 0 Å². The lowest BCUT2D eigenvalue weighted by molar-refractivity contribution is -0.989. The summed E-state index contributed by atoms with van der Waals surface area (Å²) in [4.78, 5) is 0. The van der Waals surface area contributed by atoms with E-state index in [4.69, 9.17) is 0 Å². The van der Waals surface area contributed by atoms with Crippen LogP contribution in [0.15, 0.2) is 0 Å². The fourth-order valence-electron chi connectivity index (χ4n) is 2.29. The van der Waals surface area contributed by atoms with Crippen molar-refractivity contribution in [3.63, 3.8) is 0 Å². The molecule has 0 N–H and O–H groups in total. The van der Waals surface area contributed by atoms with Gasteiger partial charge in [-0.1, -0.05) is 26.7 Å². The van der Waals surface area contributed by atoms with E-state index in [1.807, 2.05) is 0 Å². The van der Waals surface area contributed by atoms with Crippen molar-refractivity contribution in [1.29, 1.82) is 0 Å². The fourth-order valence-corrected chi connectivity index (χ4v) is 2.29. The third kappa shape index (κ3) is 4.01. The molecule has 1 saturated heterocycles. The van der Waals surface area contributed by atoms with Crippen LogP contribution in [0.3, 0.4) is 0 Å². The molecule has 0 atom stereocenters. The zero-order valence-electron chi connectivity index (χ0n) is 10.8. The van der Waals surface area contributed by atoms with Crippen LogP contribution in [0.5, 0.6) is 0 Å². The van der Waals surface area contributed by atoms with Crippen LogP contribution in [-0.4, -0.2) is 48.6 Å². The summed E-state index contributed by atoms with van der Waals surface area (Å²) in [5.74, 6) is 0. The molecule has 0 amide bonds. The molecule has 1 aliphatic rings. The first-order chi connectivity index (χ1) is 7.54. The van der Waals surface area contributed by atoms with Gasteiger partial charge in [0.2, 0.25) is 0 Å². The highest BCUT2D eigenvalue weighted by atomic mass is 16.6. The summed E-state index contributed by atoms with van der Waals surface area (Å²) < 4.78 is -0.246. The van der Waals surface area contributed by atoms with Gasteiger partial charge < -0.3 is 19.7 Å². The van der Waals surface area contributed by atoms with Crippen LogP contribution in [0.1, 0.15) is 39.5 Å². The van der Waals surface area contributed by atoms with E-state index in [0.29, 0.717) is 39.3 Å². The van der Waals surface area contributed by atoms with Crippen LogP contribution in [-0.2, 0) is 0 Å². The van der Waals surface area contributed by atoms with Gasteiger partial charge in [-0.2, -0.15) is 0 Å². The lowest BCUT2D eigenvalue weighted by atomic mass is 10.2. The third-order valence-electron chi connectivity index (χ3n) is 3.67. The van der Waals surface area contributed by atoms with E-state index in [1.165, 1.54) is 0 Å². The van der Waals surface area contributed by atoms with Crippen LogP contribution in [0.2, 0.25) is 0 Å². The van der Waals surface area contributed by atoms with Gasteiger partial charge in [-0.3, -0.25) is 0 Å². The first-order valence-electron chi connectivity index (χ1n) is 6.68. The van der Waals surface area contributed by atoms with E-state index in [2.05, 4.69) is 13.8 Å². The fraction of sp³-hybridized carbons (Fsp3) is 1.00. The average molecular weight is 230 g/mol. The van der Waals surface area contributed by atoms with Crippen molar-refractivity contribution >= 4 is 0 Å². The van der Waals surface area contributed by atoms with Crippen LogP contribution in [0, 0.1) is 10.4 Å². The lowest BCUT2D eigenvalue weighted by Gasteiger charge is -2.54. The number of rotatable bonds is 6. The first-order valence-corrected chi connectivity index (χ1v) is 6.68. The Labute approximate surface area is 99.2 Å². The van der Waals surface area contributed by atoms with E-state index < -0.39 is 0 Å². The summed E-state index contributed by atoms with van der Waals surface area (Å²) in [6.45, 7) is 7.69. The minimum atomic E-state index is -0.123. The van der Waals surface area contributed by atoms with Crippen molar-refractivity contribution in [1.82, 2.24) is 0 Å². The number of quaternary nitrogens is 2. The lowest BCUT2D eigenvalue weighted by Crippen LogP contribution is -2.62. The molecule has 16 heavy (non-hydrogen) atoms. The molecule has 1 heterocycles. The molecule has 1 rings (SSSR count). The highest BCUT2D eigenvalue weighted by Gasteiger charge is 2.31. The standard InChI is InChI=1S/C12H26N2O2/c1-3-5-7-13(15)9-11-14(16,12-10-13)8-6-4-2/h3-12H2,1-2H3. The van der Waals surface area contributed by atoms with Crippen molar-refractivity contribution in [2.45, 2.75) is 39.5 Å². The molecule has 0 bridgehead atoms. The number of unbranched alkanes of at least 4 members (excludes halogenated alkanes) is 2. The highest BCUT2D eigenvalue weighted by Crippen LogP contribution is 2.19. The highest BCUT2D eigenvalue weighted by molar-refractivity contribution is 4.56. The molecule has 0 aromatic heterocycles. The van der Waals surface area contributed by atoms with Gasteiger partial charge in [0.1, 0.15) is 26.2 Å². The van der Waals surface area contributed by atoms with Gasteiger partial charge in [-0.15, -0.1) is 0 Å². The molecular weight excluding hydrogens is 204 g/mol. The van der Waals surface area contributed by atoms with Crippen molar-refractivity contribution in [2.75, 3.05) is 39.3 Å². The van der Waals surface area contributed by atoms with Crippen molar-refractivity contribution < 1.29 is 9.29 Å². The molecule has 4 nitrogen and oxygen atoms in total. The van der Waals surface area contributed by atoms with Crippen LogP contribution < -0.4 is 0 Å². The Morgan fingerprint density at radius 3 is 1.31 bits per heavy atom. The second-order valence-electron chi connectivity index (χ2n) is 5.16. The zero-order valence-corrected chi connectivity index (χ0v) is 10.8. The number of nitrogens with zero attached hydrogens (tertiary/aromatic N) is 2. The smallest absolute Gasteiger partial charge is 0.129 e. The minimum Gasteiger partial charge on any atom is -0.632 e. The molecule has 96 valence electrons. The maximum Gasteiger partial charge on any atom is 0.129 e. The second kappa shape index (κ2) is 5.96. The Bertz CT molecular complexity index is 179. The minimum absolute atomic E-state index is 0.123. The van der Waals surface area contributed by atoms with Gasteiger partial charge in [0, 0.05) is 0 Å². The molecule has 0 radical (unpaired) electrons. The monoisotopic (exact) mass is 230 g/mol. The van der Waals surface area contributed by atoms with Gasteiger partial charge in [-0.05, 0) is 12.8 Å². The van der Waals surface area contributed by atoms with E-state index in [9.17, 15) is 10.4 Å². The molecule has 0 unspecified atom stereocenters. The first kappa shape index (κ1) is 13.9. The number of hydrogen-bond donors (Lipinski definition) is 0. The van der Waals surface area contributed by atoms with Gasteiger partial charge in [0.25, 0.3) is 0 Å². The molecule has 1 aliphatic heterocycles. The van der Waals surface area contributed by atoms with Crippen LogP contribution in [0.4, 0.5) is 0 Å². The van der Waals surface area contributed by atoms with Crippen molar-refractivity contribution in [3.05, 3.63) is 10.4 Å². The Kier molecular flexibility index (Phi) is 5.18. The quantitative estimate of drug-likeness (QED) is 0.519. The van der Waals surface area contributed by atoms with Crippen molar-refractivity contribution in [3.8, 4) is 0 Å². The van der Waals surface area contributed by atoms with E-state index in [1.54, 1.807) is 0 Å². The summed E-state index contributed by atoms with van der Waals surface area (Å²) in [5.41, 5.74) is 0. The Morgan fingerprint density at radius 1 is 0.750 bits per heavy atom. The van der Waals surface area contributed by atoms with E-state index >= 15 is 0 Å². The largest absolute Gasteiger partial charge is 0.632 e. The Hall–Kier alpha value is -0.160. The zero-order chi connectivity index (χ0) is 12.1. The molecule has 4 heteroatoms. The molecule has 0 aromatic rings. The number of hydroxylamine groups is 6. The maximum absolute atomic E-state index is 12.2. The Balaban J connectivity index is 2.36. The topological polar surface area (TPSA) is 46.1 Å². The molecule has 0 aliphatic carbocycles. The summed E-state index contributed by atoms with van der Waals surface area (Å²) in [6.07, 6.45) is 4.10. The van der Waals surface area contributed by atoms with Gasteiger partial charge in [0.05, 0.1) is 13.1 Å². The van der Waals surface area contributed by atoms with Gasteiger partial charge in [0.15, 0.2) is 0 Å². The van der Waals surface area contributed by atoms with Gasteiger partial charge in [-0.25, -0.2) is 0 Å². The Morgan fingerprint density at radius 2 is 1.06 bits per heavy atom. The van der Waals surface area contributed by atoms with Crippen LogP contribution >= 0.6 is 0 Å².